The van der Waals surface area contributed by atoms with Gasteiger partial charge in [0, 0.05) is 18.8 Å². The van der Waals surface area contributed by atoms with E-state index >= 15 is 0 Å². The fourth-order valence-electron chi connectivity index (χ4n) is 1.99. The Morgan fingerprint density at radius 2 is 2.06 bits per heavy atom. The van der Waals surface area contributed by atoms with E-state index in [1.807, 2.05) is 12.1 Å². The van der Waals surface area contributed by atoms with Crippen LogP contribution in [0.4, 0.5) is 5.69 Å². The Morgan fingerprint density at radius 1 is 1.22 bits per heavy atom. The number of hydrogen-bond acceptors (Lipinski definition) is 3. The summed E-state index contributed by atoms with van der Waals surface area (Å²) in [7, 11) is 0. The van der Waals surface area contributed by atoms with Crippen molar-refractivity contribution in [3.8, 4) is 0 Å². The molecule has 18 heavy (non-hydrogen) atoms. The number of nitrogen functional groups attached to an aromatic ring is 1. The zero-order valence-corrected chi connectivity index (χ0v) is 11.6. The Balaban J connectivity index is 1.91. The predicted octanol–water partition coefficient (Wildman–Crippen LogP) is 3.39. The number of benzene rings is 1. The zero-order valence-electron chi connectivity index (χ0n) is 10.8. The summed E-state index contributed by atoms with van der Waals surface area (Å²) in [6, 6.07) is 10.3. The lowest BCUT2D eigenvalue weighted by atomic mass is 10.1. The molecule has 0 fully saturated rings. The number of nitrogens with zero attached hydrogens (tertiary/aromatic N) is 1. The third kappa shape index (κ3) is 3.59. The molecule has 0 saturated heterocycles. The van der Waals surface area contributed by atoms with Crippen LogP contribution < -0.4 is 5.73 Å². The van der Waals surface area contributed by atoms with Crippen LogP contribution in [0.15, 0.2) is 41.1 Å². The molecule has 0 aliphatic carbocycles. The maximum Gasteiger partial charge on any atom is 0.0359 e. The molecule has 2 nitrogen and oxygen atoms in total. The van der Waals surface area contributed by atoms with Crippen molar-refractivity contribution in [2.45, 2.75) is 19.9 Å². The van der Waals surface area contributed by atoms with Crippen LogP contribution in [0.3, 0.4) is 0 Å². The summed E-state index contributed by atoms with van der Waals surface area (Å²) in [4.78, 5) is 2.43. The highest BCUT2D eigenvalue weighted by Gasteiger charge is 2.06. The van der Waals surface area contributed by atoms with Gasteiger partial charge in [0.1, 0.15) is 0 Å². The molecular formula is C15H20N2S. The summed E-state index contributed by atoms with van der Waals surface area (Å²) in [5.41, 5.74) is 9.54. The number of nitrogens with two attached hydrogens (primary N) is 1. The molecule has 96 valence electrons. The second kappa shape index (κ2) is 6.57. The Kier molecular flexibility index (Phi) is 4.79. The Morgan fingerprint density at radius 3 is 2.72 bits per heavy atom. The van der Waals surface area contributed by atoms with Gasteiger partial charge in [0.25, 0.3) is 0 Å². The van der Waals surface area contributed by atoms with Crippen molar-refractivity contribution in [1.29, 1.82) is 0 Å². The van der Waals surface area contributed by atoms with Crippen molar-refractivity contribution in [2.24, 2.45) is 0 Å². The van der Waals surface area contributed by atoms with Crippen LogP contribution in [0.1, 0.15) is 18.1 Å². The molecule has 0 spiro atoms. The fourth-order valence-corrected chi connectivity index (χ4v) is 2.69. The van der Waals surface area contributed by atoms with E-state index in [2.05, 4.69) is 40.8 Å². The molecule has 0 saturated carbocycles. The molecule has 0 bridgehead atoms. The topological polar surface area (TPSA) is 29.3 Å². The SMILES string of the molecule is CCN(CCc1ccsc1)Cc1ccccc1N. The fraction of sp³-hybridized carbons (Fsp3) is 0.333. The van der Waals surface area contributed by atoms with Crippen LogP contribution in [-0.4, -0.2) is 18.0 Å². The van der Waals surface area contributed by atoms with Crippen LogP contribution in [0, 0.1) is 0 Å². The molecule has 0 aliphatic rings. The molecule has 1 aromatic heterocycles. The number of anilines is 1. The molecule has 2 aromatic rings. The van der Waals surface area contributed by atoms with Crippen molar-refractivity contribution in [3.63, 3.8) is 0 Å². The average Bonchev–Trinajstić information content (AvgIpc) is 2.90. The summed E-state index contributed by atoms with van der Waals surface area (Å²) >= 11 is 1.77. The van der Waals surface area contributed by atoms with Crippen molar-refractivity contribution >= 4 is 17.0 Å². The zero-order chi connectivity index (χ0) is 12.8. The summed E-state index contributed by atoms with van der Waals surface area (Å²) in [5.74, 6) is 0. The van der Waals surface area contributed by atoms with Gasteiger partial charge in [0.15, 0.2) is 0 Å². The first-order valence-electron chi connectivity index (χ1n) is 6.36. The largest absolute Gasteiger partial charge is 0.398 e. The van der Waals surface area contributed by atoms with Gasteiger partial charge in [0.2, 0.25) is 0 Å². The highest BCUT2D eigenvalue weighted by molar-refractivity contribution is 7.07. The van der Waals surface area contributed by atoms with Gasteiger partial charge < -0.3 is 5.73 Å². The Labute approximate surface area is 113 Å². The van der Waals surface area contributed by atoms with E-state index in [9.17, 15) is 0 Å². The van der Waals surface area contributed by atoms with Gasteiger partial charge in [-0.2, -0.15) is 11.3 Å². The Hall–Kier alpha value is -1.32. The van der Waals surface area contributed by atoms with E-state index in [0.717, 1.165) is 31.7 Å². The summed E-state index contributed by atoms with van der Waals surface area (Å²) in [6.07, 6.45) is 1.12. The van der Waals surface area contributed by atoms with Crippen molar-refractivity contribution < 1.29 is 0 Å². The van der Waals surface area contributed by atoms with Gasteiger partial charge in [-0.05, 0) is 47.0 Å². The second-order valence-corrected chi connectivity index (χ2v) is 5.23. The first-order chi connectivity index (χ1) is 8.79. The minimum atomic E-state index is 0.895. The number of para-hydroxylation sites is 1. The van der Waals surface area contributed by atoms with Crippen LogP contribution in [0.5, 0.6) is 0 Å². The Bertz CT molecular complexity index is 465. The normalized spacial score (nSPS) is 11.0. The molecule has 3 heteroatoms. The first-order valence-corrected chi connectivity index (χ1v) is 7.30. The van der Waals surface area contributed by atoms with Crippen LogP contribution in [-0.2, 0) is 13.0 Å². The predicted molar refractivity (Wildman–Crippen MR) is 79.8 cm³/mol. The summed E-state index contributed by atoms with van der Waals surface area (Å²) < 4.78 is 0. The van der Waals surface area contributed by atoms with Gasteiger partial charge >= 0.3 is 0 Å². The molecule has 2 N–H and O–H groups in total. The molecule has 1 heterocycles. The highest BCUT2D eigenvalue weighted by Crippen LogP contribution is 2.14. The molecule has 0 atom stereocenters. The summed E-state index contributed by atoms with van der Waals surface area (Å²) in [6.45, 7) is 5.28. The lowest BCUT2D eigenvalue weighted by molar-refractivity contribution is 0.284. The van der Waals surface area contributed by atoms with E-state index in [1.54, 1.807) is 11.3 Å². The van der Waals surface area contributed by atoms with E-state index < -0.39 is 0 Å². The standard InChI is InChI=1S/C15H20N2S/c1-2-17(9-7-13-8-10-18-12-13)11-14-5-3-4-6-15(14)16/h3-6,8,10,12H,2,7,9,11,16H2,1H3. The van der Waals surface area contributed by atoms with Gasteiger partial charge in [-0.1, -0.05) is 25.1 Å². The van der Waals surface area contributed by atoms with E-state index in [-0.39, 0.29) is 0 Å². The smallest absolute Gasteiger partial charge is 0.0359 e. The average molecular weight is 260 g/mol. The minimum Gasteiger partial charge on any atom is -0.398 e. The van der Waals surface area contributed by atoms with Crippen molar-refractivity contribution in [2.75, 3.05) is 18.8 Å². The van der Waals surface area contributed by atoms with Gasteiger partial charge in [-0.3, -0.25) is 4.90 Å². The molecule has 0 amide bonds. The van der Waals surface area contributed by atoms with Crippen LogP contribution >= 0.6 is 11.3 Å². The highest BCUT2D eigenvalue weighted by atomic mass is 32.1. The molecule has 0 unspecified atom stereocenters. The maximum atomic E-state index is 5.99. The minimum absolute atomic E-state index is 0.895. The summed E-state index contributed by atoms with van der Waals surface area (Å²) in [5, 5.41) is 4.37. The number of thiophene rings is 1. The molecular weight excluding hydrogens is 240 g/mol. The molecule has 2 rings (SSSR count). The van der Waals surface area contributed by atoms with E-state index in [1.165, 1.54) is 11.1 Å². The van der Waals surface area contributed by atoms with Crippen LogP contribution in [0.2, 0.25) is 0 Å². The third-order valence-corrected chi connectivity index (χ3v) is 3.93. The lowest BCUT2D eigenvalue weighted by Crippen LogP contribution is -2.25. The number of likely N-dealkylation sites (N-methyl/N-ethyl adjacent to an activating group) is 1. The lowest BCUT2D eigenvalue weighted by Gasteiger charge is -2.21. The van der Waals surface area contributed by atoms with Crippen LogP contribution in [0.25, 0.3) is 0 Å². The molecule has 1 aromatic carbocycles. The van der Waals surface area contributed by atoms with Crippen molar-refractivity contribution in [3.05, 3.63) is 52.2 Å². The molecule has 0 aliphatic heterocycles. The number of hydrogen-bond donors (Lipinski definition) is 1. The van der Waals surface area contributed by atoms with Crippen molar-refractivity contribution in [1.82, 2.24) is 4.90 Å². The molecule has 0 radical (unpaired) electrons. The van der Waals surface area contributed by atoms with Gasteiger partial charge in [-0.15, -0.1) is 0 Å². The first kappa shape index (κ1) is 13.1. The van der Waals surface area contributed by atoms with Gasteiger partial charge in [-0.25, -0.2) is 0 Å². The van der Waals surface area contributed by atoms with E-state index in [4.69, 9.17) is 5.73 Å². The number of rotatable bonds is 6. The quantitative estimate of drug-likeness (QED) is 0.807. The van der Waals surface area contributed by atoms with Gasteiger partial charge in [0.05, 0.1) is 0 Å². The second-order valence-electron chi connectivity index (χ2n) is 4.45. The van der Waals surface area contributed by atoms with E-state index in [0.29, 0.717) is 0 Å². The maximum absolute atomic E-state index is 5.99. The monoisotopic (exact) mass is 260 g/mol. The third-order valence-electron chi connectivity index (χ3n) is 3.19.